The summed E-state index contributed by atoms with van der Waals surface area (Å²) in [5, 5.41) is 3.86. The van der Waals surface area contributed by atoms with Crippen LogP contribution in [0, 0.1) is 152 Å². The maximum absolute atomic E-state index is 5.45. The van der Waals surface area contributed by atoms with E-state index in [0.717, 1.165) is 95.9 Å². The van der Waals surface area contributed by atoms with Gasteiger partial charge in [0.2, 0.25) is 0 Å². The zero-order valence-corrected chi connectivity index (χ0v) is 67.7. The predicted molar refractivity (Wildman–Crippen MR) is 454 cm³/mol. The van der Waals surface area contributed by atoms with E-state index >= 15 is 0 Å². The normalized spacial score (nSPS) is 10.2. The van der Waals surface area contributed by atoms with Crippen molar-refractivity contribution < 1.29 is 4.42 Å². The van der Waals surface area contributed by atoms with Gasteiger partial charge in [-0.05, 0) is 288 Å². The number of hydrogen-bond acceptors (Lipinski definition) is 11. The fraction of sp³-hybridized carbons (Fsp3) is 0.239. The average molecular weight is 1450 g/mol. The number of H-pyrrole nitrogens is 3. The zero-order valence-electron chi connectivity index (χ0n) is 66.1. The fourth-order valence-corrected chi connectivity index (χ4v) is 12.8. The van der Waals surface area contributed by atoms with E-state index in [1.807, 2.05) is 153 Å². The molecule has 3 N–H and O–H groups in total. The number of aromatic amines is 3. The maximum atomic E-state index is 5.45. The van der Waals surface area contributed by atoms with Crippen LogP contribution in [0.1, 0.15) is 122 Å². The fourth-order valence-electron chi connectivity index (χ4n) is 11.0. The smallest absolute Gasteiger partial charge is 0.178 e. The largest absolute Gasteiger partial charge is 0.461 e. The Morgan fingerprint density at radius 2 is 0.792 bits per heavy atom. The summed E-state index contributed by atoms with van der Waals surface area (Å²) in [5.41, 5.74) is 27.2. The second-order valence-electron chi connectivity index (χ2n) is 27.0. The number of hydrogen-bond donors (Lipinski definition) is 3. The Hall–Kier alpha value is -11.1. The quantitative estimate of drug-likeness (QED) is 0.134. The molecule has 0 fully saturated rings. The lowest BCUT2D eigenvalue weighted by Gasteiger charge is -1.98. The van der Waals surface area contributed by atoms with Gasteiger partial charge in [0.25, 0.3) is 0 Å². The SMILES string of the molecule is Cc1cc2nc(C)[nH]c2cn1.Cc1ccc(C)s1.Cc1ccc2cc(C)[nH]c2c1.Cc1ccc2cc(C)oc2c1.Cc1ccc2cc(C)sc2c1.Cc1ccc2nc(C)[nH]c2c1.Cc1cccc(C)c1.Cc1cccc(C)c1.Cc1cccc(C)n1.Cc1cccc(C)n1.Cc1cnc2nccc(C)c2n1. The topological polar surface area (TPSA) is 164 Å². The summed E-state index contributed by atoms with van der Waals surface area (Å²) < 4.78 is 6.85. The number of nitrogens with zero attached hydrogens (tertiary/aromatic N) is 8. The van der Waals surface area contributed by atoms with Gasteiger partial charge in [0, 0.05) is 70.6 Å². The van der Waals surface area contributed by atoms with E-state index in [9.17, 15) is 0 Å². The molecule has 6 aromatic carbocycles. The van der Waals surface area contributed by atoms with Crippen LogP contribution < -0.4 is 0 Å². The Morgan fingerprint density at radius 1 is 0.302 bits per heavy atom. The van der Waals surface area contributed by atoms with E-state index < -0.39 is 0 Å². The van der Waals surface area contributed by atoms with Crippen LogP contribution in [0.2, 0.25) is 0 Å². The molecule has 0 aliphatic heterocycles. The first kappa shape index (κ1) is 82.2. The number of pyridine rings is 4. The van der Waals surface area contributed by atoms with E-state index in [1.165, 1.54) is 91.2 Å². The van der Waals surface area contributed by atoms with Crippen molar-refractivity contribution in [3.63, 3.8) is 0 Å². The summed E-state index contributed by atoms with van der Waals surface area (Å²) in [6.45, 7) is 45.0. The van der Waals surface area contributed by atoms with Gasteiger partial charge in [0.1, 0.15) is 28.5 Å². The van der Waals surface area contributed by atoms with Crippen molar-refractivity contribution in [3.8, 4) is 0 Å². The van der Waals surface area contributed by atoms with Crippen molar-refractivity contribution in [1.82, 2.24) is 54.8 Å². The lowest BCUT2D eigenvalue weighted by Crippen LogP contribution is -1.91. The van der Waals surface area contributed by atoms with Gasteiger partial charge in [-0.1, -0.05) is 125 Å². The maximum Gasteiger partial charge on any atom is 0.178 e. The third-order valence-corrected chi connectivity index (χ3v) is 17.9. The van der Waals surface area contributed by atoms with Crippen molar-refractivity contribution in [2.24, 2.45) is 0 Å². The Bertz CT molecular complexity index is 4860. The van der Waals surface area contributed by atoms with Crippen LogP contribution in [0.3, 0.4) is 0 Å². The first-order valence-corrected chi connectivity index (χ1v) is 37.3. The van der Waals surface area contributed by atoms with Gasteiger partial charge in [-0.3, -0.25) is 15.0 Å². The first-order chi connectivity index (χ1) is 50.5. The third-order valence-electron chi connectivity index (χ3n) is 15.9. The van der Waals surface area contributed by atoms with Crippen LogP contribution in [0.15, 0.2) is 223 Å². The molecule has 0 spiro atoms. The van der Waals surface area contributed by atoms with Crippen LogP contribution >= 0.6 is 22.7 Å². The Balaban J connectivity index is 0.000000163. The number of benzene rings is 6. The first-order valence-electron chi connectivity index (χ1n) is 35.7. The minimum atomic E-state index is 0.723. The minimum absolute atomic E-state index is 0.723. The zero-order chi connectivity index (χ0) is 77.0. The monoisotopic (exact) mass is 1440 g/mol. The van der Waals surface area contributed by atoms with E-state index in [-0.39, 0.29) is 0 Å². The molecular weight excluding hydrogens is 1340 g/mol. The number of furan rings is 1. The molecule has 0 aliphatic rings. The molecule has 11 aromatic heterocycles. The van der Waals surface area contributed by atoms with Gasteiger partial charge in [-0.25, -0.2) is 24.9 Å². The highest BCUT2D eigenvalue weighted by Crippen LogP contribution is 2.26. The highest BCUT2D eigenvalue weighted by Gasteiger charge is 2.03. The number of aryl methyl sites for hydroxylation is 22. The van der Waals surface area contributed by atoms with Gasteiger partial charge < -0.3 is 19.4 Å². The highest BCUT2D eigenvalue weighted by atomic mass is 32.1. The molecule has 17 rings (SSSR count). The molecule has 0 saturated carbocycles. The number of imidazole rings is 2. The molecule has 14 heteroatoms. The minimum Gasteiger partial charge on any atom is -0.461 e. The second-order valence-corrected chi connectivity index (χ2v) is 29.8. The van der Waals surface area contributed by atoms with Gasteiger partial charge in [-0.15, -0.1) is 22.7 Å². The number of nitrogens with one attached hydrogen (secondary N) is 3. The predicted octanol–water partition coefficient (Wildman–Crippen LogP) is 25.1. The Labute approximate surface area is 636 Å². The number of aromatic nitrogens is 11. The van der Waals surface area contributed by atoms with Crippen molar-refractivity contribution in [2.45, 2.75) is 152 Å². The molecule has 0 aliphatic carbocycles. The van der Waals surface area contributed by atoms with Crippen molar-refractivity contribution in [3.05, 3.63) is 341 Å². The molecule has 546 valence electrons. The molecule has 0 radical (unpaired) electrons. The molecule has 0 saturated heterocycles. The van der Waals surface area contributed by atoms with Crippen LogP contribution in [-0.2, 0) is 0 Å². The van der Waals surface area contributed by atoms with E-state index in [4.69, 9.17) is 4.42 Å². The number of fused-ring (bicyclic) bond motifs is 6. The molecule has 0 unspecified atom stereocenters. The van der Waals surface area contributed by atoms with Crippen LogP contribution in [0.4, 0.5) is 0 Å². The molecule has 12 nitrogen and oxygen atoms in total. The molecular formula is C92H105N11OS2. The average Bonchev–Trinajstić information content (AvgIpc) is 1.45. The highest BCUT2D eigenvalue weighted by molar-refractivity contribution is 7.19. The molecule has 17 aromatic rings. The summed E-state index contributed by atoms with van der Waals surface area (Å²) in [6.07, 6.45) is 5.29. The summed E-state index contributed by atoms with van der Waals surface area (Å²) in [7, 11) is 0. The molecule has 0 bridgehead atoms. The summed E-state index contributed by atoms with van der Waals surface area (Å²) in [5.74, 6) is 2.89. The van der Waals surface area contributed by atoms with E-state index in [1.54, 1.807) is 12.4 Å². The molecule has 0 atom stereocenters. The number of thiophene rings is 2. The van der Waals surface area contributed by atoms with Crippen LogP contribution in [0.5, 0.6) is 0 Å². The summed E-state index contributed by atoms with van der Waals surface area (Å²) in [6, 6.07) is 69.0. The Morgan fingerprint density at radius 3 is 1.32 bits per heavy atom. The summed E-state index contributed by atoms with van der Waals surface area (Å²) in [4.78, 5) is 47.5. The lowest BCUT2D eigenvalue weighted by atomic mass is 10.2. The van der Waals surface area contributed by atoms with Crippen LogP contribution in [0.25, 0.3) is 65.2 Å². The third kappa shape index (κ3) is 28.5. The van der Waals surface area contributed by atoms with Gasteiger partial charge in [-0.2, -0.15) is 0 Å². The standard InChI is InChI=1S/C10H11N.C10H10O.C10H10S.C9H9N3.C9H10N2.C8H9N3.2C8H10.2C7H9N.C6H8S/c3*1-7-3-4-9-6-8(2)11-10(9)5-7;1-6-3-4-10-9-8(6)12-7(2)5-11-9;1-6-3-4-8-9(5-6)11-7(2)10-8;1-5-3-7-8(4-9-5)11-6(2)10-7;2*1-7-4-3-5-8(2)6-7;2*1-6-4-3-5-7(2)8-6;1-5-3-4-6(2)7-5/h3-6,11H,1-2H3;2*3-6H,1-2H3;3-5H,1-2H3;3-5H,1-2H3,(H,10,11);3-4H,1-2H3,(H,10,11);2*3-6H,1-2H3;2*3-5H,1-2H3;3-4H,1-2H3. The van der Waals surface area contributed by atoms with Gasteiger partial charge in [0.15, 0.2) is 5.65 Å². The van der Waals surface area contributed by atoms with E-state index in [0.29, 0.717) is 0 Å². The van der Waals surface area contributed by atoms with E-state index in [2.05, 4.69) is 284 Å². The molecule has 0 amide bonds. The lowest BCUT2D eigenvalue weighted by molar-refractivity contribution is 0.578. The van der Waals surface area contributed by atoms with Crippen molar-refractivity contribution >= 4 is 87.9 Å². The van der Waals surface area contributed by atoms with Gasteiger partial charge >= 0.3 is 0 Å². The van der Waals surface area contributed by atoms with Crippen molar-refractivity contribution in [1.29, 1.82) is 0 Å². The van der Waals surface area contributed by atoms with Crippen molar-refractivity contribution in [2.75, 3.05) is 0 Å². The molecule has 11 heterocycles. The molecule has 106 heavy (non-hydrogen) atoms. The summed E-state index contributed by atoms with van der Waals surface area (Å²) >= 11 is 3.71. The Kier molecular flexibility index (Phi) is 31.7. The van der Waals surface area contributed by atoms with Crippen LogP contribution in [-0.4, -0.2) is 54.8 Å². The van der Waals surface area contributed by atoms with Gasteiger partial charge in [0.05, 0.1) is 40.2 Å². The second kappa shape index (κ2) is 40.8. The number of rotatable bonds is 0.